The molecule has 2 heterocycles. The number of nitrogens with one attached hydrogen (secondary N) is 1. The average Bonchev–Trinajstić information content (AvgIpc) is 2.93. The van der Waals surface area contributed by atoms with Crippen molar-refractivity contribution in [2.45, 2.75) is 74.7 Å². The molecule has 1 amide bonds. The largest absolute Gasteiger partial charge is 0.352 e. The number of aliphatic imine (C=N–C) groups is 1. The molecule has 0 aromatic heterocycles. The third kappa shape index (κ3) is 5.04. The van der Waals surface area contributed by atoms with Crippen LogP contribution in [0.15, 0.2) is 57.2 Å². The van der Waals surface area contributed by atoms with E-state index in [0.29, 0.717) is 24.2 Å². The highest BCUT2D eigenvalue weighted by molar-refractivity contribution is 7.99. The standard InChI is InChI=1S/C26H33N3OS/c1-4-22-21-11-5-6-12-24(21)31-25-14-13-20(17-23(25)28-22)26(30)27-15-8-16-29-18(2)9-7-10-19(29)3/h5-6,11-14,17-19H,4,7-10,15-16H2,1-3H3,(H,27,30)/t18-,19+. The Morgan fingerprint density at radius 3 is 2.68 bits per heavy atom. The van der Waals surface area contributed by atoms with E-state index in [1.54, 1.807) is 11.8 Å². The van der Waals surface area contributed by atoms with Crippen molar-refractivity contribution in [3.8, 4) is 0 Å². The molecule has 0 bridgehead atoms. The highest BCUT2D eigenvalue weighted by Gasteiger charge is 2.24. The van der Waals surface area contributed by atoms with Crippen molar-refractivity contribution < 1.29 is 4.79 Å². The molecule has 0 aliphatic carbocycles. The minimum absolute atomic E-state index is 0.0115. The number of rotatable bonds is 6. The lowest BCUT2D eigenvalue weighted by molar-refractivity contribution is 0.0925. The Morgan fingerprint density at radius 1 is 1.13 bits per heavy atom. The molecule has 2 aliphatic heterocycles. The molecule has 5 heteroatoms. The molecule has 164 valence electrons. The molecule has 4 nitrogen and oxygen atoms in total. The molecule has 1 N–H and O–H groups in total. The van der Waals surface area contributed by atoms with Gasteiger partial charge in [0.25, 0.3) is 5.91 Å². The number of amides is 1. The van der Waals surface area contributed by atoms with Crippen molar-refractivity contribution in [1.82, 2.24) is 10.2 Å². The first-order valence-corrected chi connectivity index (χ1v) is 12.4. The summed E-state index contributed by atoms with van der Waals surface area (Å²) in [4.78, 5) is 22.6. The van der Waals surface area contributed by atoms with Gasteiger partial charge in [0.15, 0.2) is 0 Å². The predicted molar refractivity (Wildman–Crippen MR) is 130 cm³/mol. The van der Waals surface area contributed by atoms with Gasteiger partial charge in [0.05, 0.1) is 5.69 Å². The Labute approximate surface area is 190 Å². The van der Waals surface area contributed by atoms with Gasteiger partial charge in [-0.3, -0.25) is 14.7 Å². The first kappa shape index (κ1) is 22.1. The van der Waals surface area contributed by atoms with Crippen LogP contribution < -0.4 is 5.32 Å². The lowest BCUT2D eigenvalue weighted by atomic mass is 9.97. The first-order chi connectivity index (χ1) is 15.1. The van der Waals surface area contributed by atoms with Crippen molar-refractivity contribution in [3.05, 3.63) is 53.6 Å². The molecule has 2 aromatic rings. The third-order valence-corrected chi connectivity index (χ3v) is 7.63. The summed E-state index contributed by atoms with van der Waals surface area (Å²) >= 11 is 1.73. The molecule has 0 spiro atoms. The smallest absolute Gasteiger partial charge is 0.251 e. The normalized spacial score (nSPS) is 20.9. The fraction of sp³-hybridized carbons (Fsp3) is 0.462. The van der Waals surface area contributed by atoms with Crippen molar-refractivity contribution in [3.63, 3.8) is 0 Å². The van der Waals surface area contributed by atoms with Crippen molar-refractivity contribution in [1.29, 1.82) is 0 Å². The van der Waals surface area contributed by atoms with E-state index in [2.05, 4.69) is 55.3 Å². The zero-order valence-corrected chi connectivity index (χ0v) is 19.7. The van der Waals surface area contributed by atoms with Gasteiger partial charge in [0, 0.05) is 51.8 Å². The molecule has 2 aromatic carbocycles. The van der Waals surface area contributed by atoms with E-state index in [1.807, 2.05) is 18.2 Å². The Balaban J connectivity index is 1.40. The zero-order valence-electron chi connectivity index (χ0n) is 18.9. The van der Waals surface area contributed by atoms with Gasteiger partial charge in [0.2, 0.25) is 0 Å². The third-order valence-electron chi connectivity index (χ3n) is 6.48. The molecule has 1 fully saturated rings. The number of piperidine rings is 1. The molecule has 0 saturated carbocycles. The summed E-state index contributed by atoms with van der Waals surface area (Å²) in [5.41, 5.74) is 3.84. The highest BCUT2D eigenvalue weighted by atomic mass is 32.2. The number of carbonyl (C=O) groups excluding carboxylic acids is 1. The second kappa shape index (κ2) is 10.0. The van der Waals surface area contributed by atoms with E-state index in [0.717, 1.165) is 35.7 Å². The van der Waals surface area contributed by atoms with Crippen LogP contribution in [0.1, 0.15) is 68.8 Å². The lowest BCUT2D eigenvalue weighted by Gasteiger charge is -2.39. The van der Waals surface area contributed by atoms with Gasteiger partial charge < -0.3 is 5.32 Å². The van der Waals surface area contributed by atoms with Gasteiger partial charge in [-0.15, -0.1) is 0 Å². The van der Waals surface area contributed by atoms with E-state index in [4.69, 9.17) is 4.99 Å². The van der Waals surface area contributed by atoms with E-state index in [1.165, 1.54) is 29.7 Å². The van der Waals surface area contributed by atoms with Crippen LogP contribution in [0.3, 0.4) is 0 Å². The average molecular weight is 436 g/mol. The van der Waals surface area contributed by atoms with E-state index >= 15 is 0 Å². The van der Waals surface area contributed by atoms with Gasteiger partial charge in [-0.25, -0.2) is 0 Å². The van der Waals surface area contributed by atoms with Crippen LogP contribution >= 0.6 is 11.8 Å². The molecule has 2 atom stereocenters. The summed E-state index contributed by atoms with van der Waals surface area (Å²) in [6.07, 6.45) is 5.75. The van der Waals surface area contributed by atoms with E-state index in [9.17, 15) is 4.79 Å². The Bertz CT molecular complexity index is 961. The highest BCUT2D eigenvalue weighted by Crippen LogP contribution is 2.41. The quantitative estimate of drug-likeness (QED) is 0.561. The summed E-state index contributed by atoms with van der Waals surface area (Å²) in [5, 5.41) is 3.11. The minimum Gasteiger partial charge on any atom is -0.352 e. The summed E-state index contributed by atoms with van der Waals surface area (Å²) in [6, 6.07) is 15.6. The maximum absolute atomic E-state index is 12.8. The van der Waals surface area contributed by atoms with Crippen LogP contribution in [0.4, 0.5) is 5.69 Å². The summed E-state index contributed by atoms with van der Waals surface area (Å²) in [7, 11) is 0. The minimum atomic E-state index is -0.0115. The number of nitrogens with zero attached hydrogens (tertiary/aromatic N) is 2. The lowest BCUT2D eigenvalue weighted by Crippen LogP contribution is -2.44. The molecule has 0 radical (unpaired) electrons. The van der Waals surface area contributed by atoms with Gasteiger partial charge in [-0.1, -0.05) is 43.3 Å². The van der Waals surface area contributed by atoms with Gasteiger partial charge in [-0.2, -0.15) is 0 Å². The van der Waals surface area contributed by atoms with Crippen LogP contribution in [-0.4, -0.2) is 41.7 Å². The number of fused-ring (bicyclic) bond motifs is 2. The molecule has 0 unspecified atom stereocenters. The number of hydrogen-bond acceptors (Lipinski definition) is 4. The molecular formula is C26H33N3OS. The Kier molecular flexibility index (Phi) is 7.13. The monoisotopic (exact) mass is 435 g/mol. The molecule has 1 saturated heterocycles. The Morgan fingerprint density at radius 2 is 1.90 bits per heavy atom. The number of likely N-dealkylation sites (tertiary alicyclic amines) is 1. The van der Waals surface area contributed by atoms with E-state index in [-0.39, 0.29) is 5.91 Å². The van der Waals surface area contributed by atoms with Crippen molar-refractivity contribution in [2.75, 3.05) is 13.1 Å². The van der Waals surface area contributed by atoms with Gasteiger partial charge in [0.1, 0.15) is 0 Å². The summed E-state index contributed by atoms with van der Waals surface area (Å²) in [6.45, 7) is 8.53. The number of benzene rings is 2. The molecular weight excluding hydrogens is 402 g/mol. The predicted octanol–water partition coefficient (Wildman–Crippen LogP) is 6.06. The second-order valence-electron chi connectivity index (χ2n) is 8.67. The van der Waals surface area contributed by atoms with Crippen molar-refractivity contribution in [2.24, 2.45) is 4.99 Å². The maximum Gasteiger partial charge on any atom is 0.251 e. The van der Waals surface area contributed by atoms with Crippen LogP contribution in [0, 0.1) is 0 Å². The van der Waals surface area contributed by atoms with Crippen molar-refractivity contribution >= 4 is 29.1 Å². The first-order valence-electron chi connectivity index (χ1n) is 11.6. The van der Waals surface area contributed by atoms with Crippen LogP contribution in [0.25, 0.3) is 0 Å². The zero-order chi connectivity index (χ0) is 21.8. The Hall–Kier alpha value is -2.11. The van der Waals surface area contributed by atoms with Crippen LogP contribution in [-0.2, 0) is 0 Å². The topological polar surface area (TPSA) is 44.7 Å². The molecule has 31 heavy (non-hydrogen) atoms. The molecule has 4 rings (SSSR count). The fourth-order valence-corrected chi connectivity index (χ4v) is 5.73. The summed E-state index contributed by atoms with van der Waals surface area (Å²) < 4.78 is 0. The fourth-order valence-electron chi connectivity index (χ4n) is 4.70. The van der Waals surface area contributed by atoms with Crippen LogP contribution in [0.2, 0.25) is 0 Å². The maximum atomic E-state index is 12.8. The van der Waals surface area contributed by atoms with Gasteiger partial charge in [-0.05, 0) is 63.8 Å². The van der Waals surface area contributed by atoms with Gasteiger partial charge >= 0.3 is 0 Å². The molecule has 2 aliphatic rings. The number of carbonyl (C=O) groups is 1. The summed E-state index contributed by atoms with van der Waals surface area (Å²) in [5.74, 6) is -0.0115. The van der Waals surface area contributed by atoms with E-state index < -0.39 is 0 Å². The SMILES string of the molecule is CCC1=Nc2cc(C(=O)NCCCN3[C@H](C)CCC[C@@H]3C)ccc2Sc2ccccc21. The second-order valence-corrected chi connectivity index (χ2v) is 9.75. The van der Waals surface area contributed by atoms with Crippen LogP contribution in [0.5, 0.6) is 0 Å². The number of hydrogen-bond donors (Lipinski definition) is 1.